The van der Waals surface area contributed by atoms with E-state index in [0.717, 1.165) is 29.9 Å². The Bertz CT molecular complexity index is 1340. The summed E-state index contributed by atoms with van der Waals surface area (Å²) in [6, 6.07) is 8.20. The molecule has 1 aliphatic rings. The van der Waals surface area contributed by atoms with Crippen molar-refractivity contribution in [2.24, 2.45) is 5.92 Å². The van der Waals surface area contributed by atoms with Gasteiger partial charge < -0.3 is 15.7 Å². The first-order valence-electron chi connectivity index (χ1n) is 11.8. The molecular weight excluding hydrogens is 559 g/mol. The summed E-state index contributed by atoms with van der Waals surface area (Å²) in [6.45, 7) is -0.634. The number of amides is 4. The van der Waals surface area contributed by atoms with E-state index in [9.17, 15) is 41.1 Å². The van der Waals surface area contributed by atoms with Gasteiger partial charge in [0, 0.05) is 16.9 Å². The van der Waals surface area contributed by atoms with E-state index in [1.54, 1.807) is 12.1 Å². The molecule has 0 saturated heterocycles. The molecule has 39 heavy (non-hydrogen) atoms. The third-order valence-corrected chi connectivity index (χ3v) is 7.89. The molecule has 0 heterocycles. The summed E-state index contributed by atoms with van der Waals surface area (Å²) in [5, 5.41) is 14.3. The number of benzene rings is 2. The van der Waals surface area contributed by atoms with E-state index >= 15 is 0 Å². The molecule has 0 aromatic heterocycles. The van der Waals surface area contributed by atoms with Crippen LogP contribution < -0.4 is 15.5 Å². The van der Waals surface area contributed by atoms with E-state index in [2.05, 4.69) is 10.6 Å². The van der Waals surface area contributed by atoms with E-state index in [1.165, 1.54) is 11.8 Å². The minimum Gasteiger partial charge on any atom is -0.464 e. The predicted octanol–water partition coefficient (Wildman–Crippen LogP) is 4.40. The van der Waals surface area contributed by atoms with Crippen LogP contribution >= 0.6 is 11.8 Å². The smallest absolute Gasteiger partial charge is 0.420 e. The molecule has 1 aliphatic carbocycles. The van der Waals surface area contributed by atoms with Crippen LogP contribution in [-0.4, -0.2) is 55.3 Å². The number of rotatable bonds is 7. The van der Waals surface area contributed by atoms with Crippen molar-refractivity contribution in [3.05, 3.63) is 59.7 Å². The minimum absolute atomic E-state index is 0.177. The number of nitrogens with one attached hydrogen (secondary N) is 2. The Morgan fingerprint density at radius 2 is 1.64 bits per heavy atom. The number of thioether (sulfide) groups is 1. The molecule has 0 aliphatic heterocycles. The lowest BCUT2D eigenvalue weighted by atomic mass is 9.80. The number of carbonyl (C=O) groups excluding carboxylic acids is 2. The van der Waals surface area contributed by atoms with Gasteiger partial charge in [-0.15, -0.1) is 11.8 Å². The molecule has 4 amide bonds. The average Bonchev–Trinajstić information content (AvgIpc) is 2.88. The van der Waals surface area contributed by atoms with Crippen molar-refractivity contribution in [1.82, 2.24) is 10.6 Å². The lowest BCUT2D eigenvalue weighted by Crippen LogP contribution is -2.51. The molecule has 2 aromatic carbocycles. The van der Waals surface area contributed by atoms with Gasteiger partial charge in [0.05, 0.1) is 22.7 Å². The maximum absolute atomic E-state index is 12.8. The lowest BCUT2D eigenvalue weighted by molar-refractivity contribution is -0.137. The quantitative estimate of drug-likeness (QED) is 0.249. The number of nitrogens with zero attached hydrogens (tertiary/aromatic N) is 1. The molecule has 0 spiro atoms. The predicted molar refractivity (Wildman–Crippen MR) is 140 cm³/mol. The van der Waals surface area contributed by atoms with Crippen LogP contribution in [-0.2, 0) is 21.3 Å². The number of hydrogen-bond donors (Lipinski definition) is 3. The highest BCUT2D eigenvalue weighted by Gasteiger charge is 2.33. The fraction of sp³-hybridized carbons (Fsp3) is 0.360. The van der Waals surface area contributed by atoms with E-state index in [0.29, 0.717) is 30.5 Å². The maximum atomic E-state index is 12.8. The van der Waals surface area contributed by atoms with Crippen LogP contribution in [0, 0.1) is 5.92 Å². The normalized spacial score (nSPS) is 17.1. The molecule has 1 fully saturated rings. The van der Waals surface area contributed by atoms with Crippen molar-refractivity contribution in [2.45, 2.75) is 42.8 Å². The van der Waals surface area contributed by atoms with Crippen LogP contribution in [0.25, 0.3) is 0 Å². The summed E-state index contributed by atoms with van der Waals surface area (Å²) in [6.07, 6.45) is -1.97. The first-order valence-corrected chi connectivity index (χ1v) is 14.1. The number of hydrogen-bond acceptors (Lipinski definition) is 6. The first-order chi connectivity index (χ1) is 18.4. The molecule has 3 N–H and O–H groups in total. The number of alkyl halides is 3. The van der Waals surface area contributed by atoms with Gasteiger partial charge in [0.15, 0.2) is 0 Å². The van der Waals surface area contributed by atoms with Crippen molar-refractivity contribution in [1.29, 1.82) is 0 Å². The Morgan fingerprint density at radius 3 is 2.18 bits per heavy atom. The molecule has 0 unspecified atom stereocenters. The zero-order valence-electron chi connectivity index (χ0n) is 20.7. The van der Waals surface area contributed by atoms with E-state index in [1.807, 2.05) is 18.4 Å². The number of urea groups is 1. The van der Waals surface area contributed by atoms with Crippen molar-refractivity contribution in [2.75, 3.05) is 17.7 Å². The fourth-order valence-electron chi connectivity index (χ4n) is 4.41. The molecule has 2 aromatic rings. The highest BCUT2D eigenvalue weighted by molar-refractivity contribution is 7.98. The largest absolute Gasteiger partial charge is 0.464 e. The highest BCUT2D eigenvalue weighted by atomic mass is 32.2. The van der Waals surface area contributed by atoms with Crippen molar-refractivity contribution in [3.63, 3.8) is 0 Å². The van der Waals surface area contributed by atoms with Crippen LogP contribution in [0.2, 0.25) is 0 Å². The Labute approximate surface area is 228 Å². The third-order valence-electron chi connectivity index (χ3n) is 6.25. The van der Waals surface area contributed by atoms with Gasteiger partial charge in [0.1, 0.15) is 0 Å². The zero-order chi connectivity index (χ0) is 28.7. The number of anilines is 1. The number of halogens is 3. The number of carboxylic acid groups (broad SMARTS) is 1. The Kier molecular flexibility index (Phi) is 10.0. The zero-order valence-corrected chi connectivity index (χ0v) is 22.3. The first kappa shape index (κ1) is 30.0. The number of imide groups is 1. The molecule has 2 atom stereocenters. The van der Waals surface area contributed by atoms with Crippen LogP contribution in [0.3, 0.4) is 0 Å². The second-order valence-corrected chi connectivity index (χ2v) is 10.5. The van der Waals surface area contributed by atoms with Gasteiger partial charge in [-0.25, -0.2) is 9.59 Å². The monoisotopic (exact) mass is 585 g/mol. The van der Waals surface area contributed by atoms with E-state index in [4.69, 9.17) is 0 Å². The fourth-order valence-corrected chi connectivity index (χ4v) is 5.68. The second kappa shape index (κ2) is 13.0. The van der Waals surface area contributed by atoms with E-state index in [-0.39, 0.29) is 15.5 Å². The van der Waals surface area contributed by atoms with Gasteiger partial charge in [-0.05, 0) is 61.1 Å². The van der Waals surface area contributed by atoms with Crippen LogP contribution in [0.1, 0.15) is 36.8 Å². The molecule has 9 nitrogen and oxygen atoms in total. The summed E-state index contributed by atoms with van der Waals surface area (Å²) in [5.74, 6) is -1.17. The van der Waals surface area contributed by atoms with Gasteiger partial charge in [-0.2, -0.15) is 26.5 Å². The molecule has 1 saturated carbocycles. The second-order valence-electron chi connectivity index (χ2n) is 8.71. The molecule has 0 radical (unpaired) electrons. The topological polar surface area (TPSA) is 133 Å². The van der Waals surface area contributed by atoms with Gasteiger partial charge >= 0.3 is 18.3 Å². The standard InChI is InChI=1S/C25H26F3N3O6S2/c1-38-18-12-6-15(7-13-18)22(39(36)37)19-4-2-3-5-20(19)30-21(32)14-29-23(33)31(24(34)35)17-10-8-16(9-11-17)25(26,27)28/h6-13,19-20H,2-5,14H2,1H3,(H,29,33)(H,30,32)(H,34,35)/t19-,20+/m1/s1. The summed E-state index contributed by atoms with van der Waals surface area (Å²) in [5.41, 5.74) is -0.839. The summed E-state index contributed by atoms with van der Waals surface area (Å²) in [7, 11) is -2.55. The summed E-state index contributed by atoms with van der Waals surface area (Å²) < 4.78 is 62.8. The molecular formula is C25H26F3N3O6S2. The minimum atomic E-state index is -4.64. The molecule has 210 valence electrons. The summed E-state index contributed by atoms with van der Waals surface area (Å²) in [4.78, 5) is 38.1. The third kappa shape index (κ3) is 7.76. The van der Waals surface area contributed by atoms with Gasteiger partial charge in [-0.3, -0.25) is 4.79 Å². The van der Waals surface area contributed by atoms with Crippen molar-refractivity contribution < 1.29 is 41.1 Å². The Hall–Kier alpha value is -3.52. The molecule has 3 rings (SSSR count). The number of carbonyl (C=O) groups is 3. The molecule has 14 heteroatoms. The van der Waals surface area contributed by atoms with E-state index < -0.39 is 58.6 Å². The summed E-state index contributed by atoms with van der Waals surface area (Å²) >= 11 is 1.51. The average molecular weight is 586 g/mol. The Morgan fingerprint density at radius 1 is 1.03 bits per heavy atom. The van der Waals surface area contributed by atoms with Gasteiger partial charge in [0.25, 0.3) is 0 Å². The van der Waals surface area contributed by atoms with Crippen molar-refractivity contribution in [3.8, 4) is 0 Å². The maximum Gasteiger partial charge on any atom is 0.420 e. The van der Waals surface area contributed by atoms with Crippen LogP contribution in [0.4, 0.5) is 28.4 Å². The van der Waals surface area contributed by atoms with Gasteiger partial charge in [0.2, 0.25) is 16.2 Å². The van der Waals surface area contributed by atoms with Crippen LogP contribution in [0.5, 0.6) is 0 Å². The highest BCUT2D eigenvalue weighted by Crippen LogP contribution is 2.31. The molecule has 0 bridgehead atoms. The SMILES string of the molecule is CSc1ccc(C([C@@H]2CCCC[C@@H]2NC(=O)CNC(=O)N(C(=O)O)c2ccc(C(F)(F)F)cc2)=S(=O)=O)cc1. The van der Waals surface area contributed by atoms with Crippen molar-refractivity contribution >= 4 is 50.6 Å². The van der Waals surface area contributed by atoms with Gasteiger partial charge in [-0.1, -0.05) is 25.0 Å². The lowest BCUT2D eigenvalue weighted by Gasteiger charge is -2.32. The van der Waals surface area contributed by atoms with Crippen LogP contribution in [0.15, 0.2) is 53.4 Å². The Balaban J connectivity index is 1.69.